The first-order valence-corrected chi connectivity index (χ1v) is 9.99. The highest BCUT2D eigenvalue weighted by atomic mass is 19.1. The van der Waals surface area contributed by atoms with Crippen molar-refractivity contribution in [3.05, 3.63) is 48.4 Å². The van der Waals surface area contributed by atoms with Gasteiger partial charge in [-0.05, 0) is 30.7 Å². The minimum atomic E-state index is -0.556. The van der Waals surface area contributed by atoms with Gasteiger partial charge in [-0.15, -0.1) is 5.10 Å². The summed E-state index contributed by atoms with van der Waals surface area (Å²) in [5.41, 5.74) is 3.20. The van der Waals surface area contributed by atoms with Gasteiger partial charge in [0.1, 0.15) is 12.7 Å². The van der Waals surface area contributed by atoms with Gasteiger partial charge in [0.25, 0.3) is 0 Å². The molecule has 0 saturated carbocycles. The van der Waals surface area contributed by atoms with Gasteiger partial charge in [-0.25, -0.2) is 14.4 Å². The van der Waals surface area contributed by atoms with E-state index in [1.165, 1.54) is 23.0 Å². The fourth-order valence-corrected chi connectivity index (χ4v) is 3.82. The highest BCUT2D eigenvalue weighted by molar-refractivity contribution is 5.64. The summed E-state index contributed by atoms with van der Waals surface area (Å²) >= 11 is 0. The molecule has 5 rings (SSSR count). The SMILES string of the molecule is Cc1cc(Nc2ncn(-c3ncncc3F)n2)cc(N2CCN(C3COC3)CC2)c1. The number of anilines is 3. The molecule has 2 aromatic heterocycles. The minimum absolute atomic E-state index is 0.0604. The Bertz CT molecular complexity index is 1030. The van der Waals surface area contributed by atoms with Crippen molar-refractivity contribution in [2.45, 2.75) is 13.0 Å². The van der Waals surface area contributed by atoms with Crippen LogP contribution in [0.15, 0.2) is 37.1 Å². The van der Waals surface area contributed by atoms with E-state index in [1.807, 2.05) is 6.07 Å². The molecule has 0 bridgehead atoms. The zero-order chi connectivity index (χ0) is 20.5. The number of aromatic nitrogens is 5. The van der Waals surface area contributed by atoms with Gasteiger partial charge in [-0.1, -0.05) is 0 Å². The van der Waals surface area contributed by atoms with Gasteiger partial charge in [-0.3, -0.25) is 4.90 Å². The average molecular weight is 410 g/mol. The second kappa shape index (κ2) is 7.96. The van der Waals surface area contributed by atoms with E-state index in [2.05, 4.69) is 54.2 Å². The largest absolute Gasteiger partial charge is 0.378 e. The van der Waals surface area contributed by atoms with Crippen LogP contribution >= 0.6 is 0 Å². The average Bonchev–Trinajstić information content (AvgIpc) is 3.15. The second-order valence-electron chi connectivity index (χ2n) is 7.60. The second-order valence-corrected chi connectivity index (χ2v) is 7.60. The maximum absolute atomic E-state index is 13.9. The van der Waals surface area contributed by atoms with Gasteiger partial charge in [0.2, 0.25) is 5.95 Å². The normalized spacial score (nSPS) is 17.7. The van der Waals surface area contributed by atoms with Gasteiger partial charge in [0.15, 0.2) is 11.6 Å². The summed E-state index contributed by atoms with van der Waals surface area (Å²) in [5.74, 6) is -0.121. The summed E-state index contributed by atoms with van der Waals surface area (Å²) < 4.78 is 20.5. The number of piperazine rings is 1. The van der Waals surface area contributed by atoms with Crippen LogP contribution in [0.3, 0.4) is 0 Å². The number of aryl methyl sites for hydroxylation is 1. The number of nitrogens with zero attached hydrogens (tertiary/aromatic N) is 7. The zero-order valence-electron chi connectivity index (χ0n) is 16.7. The molecule has 2 saturated heterocycles. The molecule has 10 heteroatoms. The highest BCUT2D eigenvalue weighted by Gasteiger charge is 2.29. The van der Waals surface area contributed by atoms with Gasteiger partial charge in [0.05, 0.1) is 25.5 Å². The lowest BCUT2D eigenvalue weighted by Gasteiger charge is -2.43. The number of nitrogens with one attached hydrogen (secondary N) is 1. The first-order chi connectivity index (χ1) is 14.7. The molecule has 0 spiro atoms. The standard InChI is InChI=1S/C20H23FN8O/c1-14-6-15(25-20-24-13-29(26-20)19-18(21)9-22-12-23-19)8-16(7-14)27-2-4-28(5-3-27)17-10-30-11-17/h6-9,12-13,17H,2-5,10-11H2,1H3,(H,25,26). The van der Waals surface area contributed by atoms with Crippen LogP contribution < -0.4 is 10.2 Å². The molecule has 0 radical (unpaired) electrons. The Kier molecular flexibility index (Phi) is 5.01. The highest BCUT2D eigenvalue weighted by Crippen LogP contribution is 2.26. The number of hydrogen-bond acceptors (Lipinski definition) is 8. The first kappa shape index (κ1) is 18.9. The number of halogens is 1. The van der Waals surface area contributed by atoms with Gasteiger partial charge in [0, 0.05) is 37.6 Å². The summed E-state index contributed by atoms with van der Waals surface area (Å²) in [6.07, 6.45) is 3.80. The Morgan fingerprint density at radius 2 is 1.93 bits per heavy atom. The molecule has 1 N–H and O–H groups in total. The molecule has 2 aliphatic heterocycles. The Morgan fingerprint density at radius 1 is 1.10 bits per heavy atom. The van der Waals surface area contributed by atoms with E-state index in [0.717, 1.165) is 56.8 Å². The van der Waals surface area contributed by atoms with Crippen molar-refractivity contribution >= 4 is 17.3 Å². The lowest BCUT2D eigenvalue weighted by atomic mass is 10.1. The molecule has 1 aromatic carbocycles. The van der Waals surface area contributed by atoms with E-state index in [1.54, 1.807) is 0 Å². The molecule has 0 unspecified atom stereocenters. The minimum Gasteiger partial charge on any atom is -0.378 e. The summed E-state index contributed by atoms with van der Waals surface area (Å²) in [4.78, 5) is 16.7. The number of ether oxygens (including phenoxy) is 1. The summed E-state index contributed by atoms with van der Waals surface area (Å²) in [5, 5.41) is 7.50. The third-order valence-corrected chi connectivity index (χ3v) is 5.49. The zero-order valence-corrected chi connectivity index (χ0v) is 16.7. The third-order valence-electron chi connectivity index (χ3n) is 5.49. The number of rotatable bonds is 5. The van der Waals surface area contributed by atoms with Crippen molar-refractivity contribution in [3.8, 4) is 5.82 Å². The quantitative estimate of drug-likeness (QED) is 0.681. The summed E-state index contributed by atoms with van der Waals surface area (Å²) in [6.45, 7) is 7.84. The lowest BCUT2D eigenvalue weighted by molar-refractivity contribution is -0.0660. The summed E-state index contributed by atoms with van der Waals surface area (Å²) in [7, 11) is 0. The Morgan fingerprint density at radius 3 is 2.67 bits per heavy atom. The maximum atomic E-state index is 13.9. The molecule has 30 heavy (non-hydrogen) atoms. The summed E-state index contributed by atoms with van der Waals surface area (Å²) in [6, 6.07) is 6.91. The van der Waals surface area contributed by atoms with Crippen molar-refractivity contribution in [2.75, 3.05) is 49.6 Å². The molecule has 156 valence electrons. The van der Waals surface area contributed by atoms with Crippen LogP contribution in [0.25, 0.3) is 5.82 Å². The maximum Gasteiger partial charge on any atom is 0.247 e. The lowest BCUT2D eigenvalue weighted by Crippen LogP contribution is -2.56. The monoisotopic (exact) mass is 410 g/mol. The predicted molar refractivity (Wildman–Crippen MR) is 110 cm³/mol. The molecule has 4 heterocycles. The van der Waals surface area contributed by atoms with Crippen molar-refractivity contribution in [3.63, 3.8) is 0 Å². The van der Waals surface area contributed by atoms with E-state index < -0.39 is 5.82 Å². The predicted octanol–water partition coefficient (Wildman–Crippen LogP) is 1.77. The Labute approximate surface area is 173 Å². The molecule has 3 aromatic rings. The van der Waals surface area contributed by atoms with Crippen molar-refractivity contribution < 1.29 is 9.13 Å². The smallest absolute Gasteiger partial charge is 0.247 e. The van der Waals surface area contributed by atoms with Gasteiger partial charge >= 0.3 is 0 Å². The fraction of sp³-hybridized carbons (Fsp3) is 0.400. The van der Waals surface area contributed by atoms with E-state index >= 15 is 0 Å². The molecular weight excluding hydrogens is 387 g/mol. The fourth-order valence-electron chi connectivity index (χ4n) is 3.82. The van der Waals surface area contributed by atoms with Gasteiger partial charge < -0.3 is 15.0 Å². The Hall–Kier alpha value is -3.11. The molecular formula is C20H23FN8O. The van der Waals surface area contributed by atoms with E-state index in [-0.39, 0.29) is 5.82 Å². The molecule has 0 amide bonds. The molecule has 9 nitrogen and oxygen atoms in total. The molecule has 0 aliphatic carbocycles. The van der Waals surface area contributed by atoms with Crippen molar-refractivity contribution in [1.82, 2.24) is 29.6 Å². The first-order valence-electron chi connectivity index (χ1n) is 9.99. The van der Waals surface area contributed by atoms with E-state index in [0.29, 0.717) is 12.0 Å². The van der Waals surface area contributed by atoms with Crippen LogP contribution in [0.2, 0.25) is 0 Å². The van der Waals surface area contributed by atoms with Crippen LogP contribution in [-0.4, -0.2) is 75.1 Å². The van der Waals surface area contributed by atoms with Crippen LogP contribution in [0.5, 0.6) is 0 Å². The number of hydrogen-bond donors (Lipinski definition) is 1. The van der Waals surface area contributed by atoms with Crippen LogP contribution in [-0.2, 0) is 4.74 Å². The van der Waals surface area contributed by atoms with Gasteiger partial charge in [-0.2, -0.15) is 9.67 Å². The van der Waals surface area contributed by atoms with E-state index in [4.69, 9.17) is 4.74 Å². The van der Waals surface area contributed by atoms with Crippen LogP contribution in [0, 0.1) is 12.7 Å². The molecule has 0 atom stereocenters. The van der Waals surface area contributed by atoms with Crippen molar-refractivity contribution in [2.24, 2.45) is 0 Å². The number of benzene rings is 1. The van der Waals surface area contributed by atoms with Crippen LogP contribution in [0.1, 0.15) is 5.56 Å². The van der Waals surface area contributed by atoms with Crippen molar-refractivity contribution in [1.29, 1.82) is 0 Å². The Balaban J connectivity index is 1.29. The van der Waals surface area contributed by atoms with Crippen LogP contribution in [0.4, 0.5) is 21.7 Å². The molecule has 2 fully saturated rings. The van der Waals surface area contributed by atoms with E-state index in [9.17, 15) is 4.39 Å². The molecule has 2 aliphatic rings. The third kappa shape index (κ3) is 3.83. The topological polar surface area (TPSA) is 84.2 Å².